The molecule has 20 heavy (non-hydrogen) atoms. The Bertz CT molecular complexity index is 455. The topological polar surface area (TPSA) is 66.8 Å². The van der Waals surface area contributed by atoms with E-state index in [9.17, 15) is 9.59 Å². The highest BCUT2D eigenvalue weighted by Crippen LogP contribution is 2.21. The SMILES string of the molecule is CCCC(=O)N(CC(C)C(=O)O)c1ccc(OC)cc1. The van der Waals surface area contributed by atoms with Gasteiger partial charge in [0.15, 0.2) is 0 Å². The Hall–Kier alpha value is -2.04. The van der Waals surface area contributed by atoms with Crippen LogP contribution in [-0.4, -0.2) is 30.6 Å². The highest BCUT2D eigenvalue weighted by Gasteiger charge is 2.21. The Morgan fingerprint density at radius 3 is 2.35 bits per heavy atom. The molecule has 0 aliphatic heterocycles. The summed E-state index contributed by atoms with van der Waals surface area (Å²) in [7, 11) is 1.57. The Balaban J connectivity index is 2.95. The third kappa shape index (κ3) is 4.26. The number of carboxylic acid groups (broad SMARTS) is 1. The zero-order chi connectivity index (χ0) is 15.1. The lowest BCUT2D eigenvalue weighted by molar-refractivity contribution is -0.140. The minimum absolute atomic E-state index is 0.0641. The molecule has 0 saturated heterocycles. The summed E-state index contributed by atoms with van der Waals surface area (Å²) in [4.78, 5) is 24.7. The molecule has 110 valence electrons. The van der Waals surface area contributed by atoms with E-state index in [4.69, 9.17) is 9.84 Å². The van der Waals surface area contributed by atoms with Crippen LogP contribution in [0.2, 0.25) is 0 Å². The van der Waals surface area contributed by atoms with Crippen molar-refractivity contribution in [3.63, 3.8) is 0 Å². The van der Waals surface area contributed by atoms with Gasteiger partial charge in [-0.3, -0.25) is 9.59 Å². The molecule has 1 aromatic carbocycles. The van der Waals surface area contributed by atoms with Gasteiger partial charge in [0.2, 0.25) is 5.91 Å². The molecule has 1 N–H and O–H groups in total. The maximum atomic E-state index is 12.2. The summed E-state index contributed by atoms with van der Waals surface area (Å²) in [5, 5.41) is 9.01. The monoisotopic (exact) mass is 279 g/mol. The molecule has 1 unspecified atom stereocenters. The Kier molecular flexibility index (Phi) is 6.03. The van der Waals surface area contributed by atoms with Crippen LogP contribution in [0.4, 0.5) is 5.69 Å². The number of carbonyl (C=O) groups is 2. The van der Waals surface area contributed by atoms with Gasteiger partial charge in [0.25, 0.3) is 0 Å². The van der Waals surface area contributed by atoms with Crippen molar-refractivity contribution in [2.24, 2.45) is 5.92 Å². The standard InChI is InChI=1S/C15H21NO4/c1-4-5-14(17)16(10-11(2)15(18)19)12-6-8-13(20-3)9-7-12/h6-9,11H,4-5,10H2,1-3H3,(H,18,19). The third-order valence-corrected chi connectivity index (χ3v) is 3.03. The van der Waals surface area contributed by atoms with Crippen molar-refractivity contribution in [3.8, 4) is 5.75 Å². The molecule has 0 radical (unpaired) electrons. The largest absolute Gasteiger partial charge is 0.497 e. The van der Waals surface area contributed by atoms with Gasteiger partial charge >= 0.3 is 5.97 Å². The normalized spacial score (nSPS) is 11.8. The molecule has 0 bridgehead atoms. The molecule has 5 heteroatoms. The first-order valence-corrected chi connectivity index (χ1v) is 6.66. The number of carboxylic acids is 1. The van der Waals surface area contributed by atoms with Crippen LogP contribution < -0.4 is 9.64 Å². The van der Waals surface area contributed by atoms with E-state index in [0.29, 0.717) is 17.9 Å². The second kappa shape index (κ2) is 7.53. The number of benzene rings is 1. The first kappa shape index (κ1) is 16.0. The molecule has 0 spiro atoms. The highest BCUT2D eigenvalue weighted by molar-refractivity contribution is 5.94. The van der Waals surface area contributed by atoms with Gasteiger partial charge in [-0.15, -0.1) is 0 Å². The van der Waals surface area contributed by atoms with Crippen molar-refractivity contribution in [1.29, 1.82) is 0 Å². The molecule has 0 aromatic heterocycles. The van der Waals surface area contributed by atoms with E-state index >= 15 is 0 Å². The Morgan fingerprint density at radius 1 is 1.30 bits per heavy atom. The Labute approximate surface area is 119 Å². The Morgan fingerprint density at radius 2 is 1.90 bits per heavy atom. The van der Waals surface area contributed by atoms with Gasteiger partial charge in [0, 0.05) is 18.7 Å². The van der Waals surface area contributed by atoms with Crippen LogP contribution in [0.5, 0.6) is 5.75 Å². The zero-order valence-corrected chi connectivity index (χ0v) is 12.1. The lowest BCUT2D eigenvalue weighted by Gasteiger charge is -2.24. The first-order valence-electron chi connectivity index (χ1n) is 6.66. The summed E-state index contributed by atoms with van der Waals surface area (Å²) in [6.07, 6.45) is 1.13. The summed E-state index contributed by atoms with van der Waals surface area (Å²) >= 11 is 0. The van der Waals surface area contributed by atoms with E-state index in [1.54, 1.807) is 38.3 Å². The van der Waals surface area contributed by atoms with E-state index < -0.39 is 11.9 Å². The van der Waals surface area contributed by atoms with Crippen LogP contribution in [-0.2, 0) is 9.59 Å². The number of hydrogen-bond donors (Lipinski definition) is 1. The second-order valence-corrected chi connectivity index (χ2v) is 4.69. The maximum absolute atomic E-state index is 12.2. The molecule has 0 heterocycles. The van der Waals surface area contributed by atoms with Crippen LogP contribution >= 0.6 is 0 Å². The van der Waals surface area contributed by atoms with E-state index in [-0.39, 0.29) is 12.5 Å². The van der Waals surface area contributed by atoms with Gasteiger partial charge in [-0.05, 0) is 30.7 Å². The van der Waals surface area contributed by atoms with Crippen molar-refractivity contribution in [3.05, 3.63) is 24.3 Å². The fourth-order valence-electron chi connectivity index (χ4n) is 1.81. The summed E-state index contributed by atoms with van der Waals surface area (Å²) < 4.78 is 5.08. The van der Waals surface area contributed by atoms with Crippen LogP contribution in [0.1, 0.15) is 26.7 Å². The number of hydrogen-bond acceptors (Lipinski definition) is 3. The molecular formula is C15H21NO4. The number of aliphatic carboxylic acids is 1. The number of ether oxygens (including phenoxy) is 1. The van der Waals surface area contributed by atoms with Crippen molar-refractivity contribution in [1.82, 2.24) is 0 Å². The quantitative estimate of drug-likeness (QED) is 0.833. The number of nitrogens with zero attached hydrogens (tertiary/aromatic N) is 1. The number of anilines is 1. The lowest BCUT2D eigenvalue weighted by atomic mass is 10.1. The predicted octanol–water partition coefficient (Wildman–Crippen LogP) is 2.55. The molecule has 0 aliphatic rings. The smallest absolute Gasteiger partial charge is 0.308 e. The molecule has 0 aliphatic carbocycles. The fourth-order valence-corrected chi connectivity index (χ4v) is 1.81. The van der Waals surface area contributed by atoms with Gasteiger partial charge < -0.3 is 14.7 Å². The van der Waals surface area contributed by atoms with Gasteiger partial charge in [-0.1, -0.05) is 13.8 Å². The van der Waals surface area contributed by atoms with E-state index in [1.807, 2.05) is 6.92 Å². The van der Waals surface area contributed by atoms with Crippen LogP contribution in [0, 0.1) is 5.92 Å². The molecular weight excluding hydrogens is 258 g/mol. The molecule has 1 amide bonds. The highest BCUT2D eigenvalue weighted by atomic mass is 16.5. The van der Waals surface area contributed by atoms with Crippen LogP contribution in [0.15, 0.2) is 24.3 Å². The number of methoxy groups -OCH3 is 1. The van der Waals surface area contributed by atoms with Crippen LogP contribution in [0.25, 0.3) is 0 Å². The van der Waals surface area contributed by atoms with Crippen molar-refractivity contribution < 1.29 is 19.4 Å². The van der Waals surface area contributed by atoms with Crippen molar-refractivity contribution in [2.45, 2.75) is 26.7 Å². The zero-order valence-electron chi connectivity index (χ0n) is 12.1. The van der Waals surface area contributed by atoms with Gasteiger partial charge in [-0.25, -0.2) is 0 Å². The first-order chi connectivity index (χ1) is 9.49. The number of carbonyl (C=O) groups excluding carboxylic acids is 1. The molecule has 1 atom stereocenters. The summed E-state index contributed by atoms with van der Waals surface area (Å²) in [5.74, 6) is -0.889. The molecule has 1 rings (SSSR count). The number of rotatable bonds is 7. The van der Waals surface area contributed by atoms with Gasteiger partial charge in [-0.2, -0.15) is 0 Å². The predicted molar refractivity (Wildman–Crippen MR) is 77.1 cm³/mol. The van der Waals surface area contributed by atoms with E-state index in [1.165, 1.54) is 4.90 Å². The van der Waals surface area contributed by atoms with Crippen molar-refractivity contribution in [2.75, 3.05) is 18.6 Å². The van der Waals surface area contributed by atoms with Gasteiger partial charge in [0.05, 0.1) is 13.0 Å². The molecule has 1 aromatic rings. The molecule has 5 nitrogen and oxygen atoms in total. The summed E-state index contributed by atoms with van der Waals surface area (Å²) in [5.41, 5.74) is 0.692. The lowest BCUT2D eigenvalue weighted by Crippen LogP contribution is -2.36. The second-order valence-electron chi connectivity index (χ2n) is 4.69. The van der Waals surface area contributed by atoms with Crippen LogP contribution in [0.3, 0.4) is 0 Å². The number of amides is 1. The fraction of sp³-hybridized carbons (Fsp3) is 0.467. The van der Waals surface area contributed by atoms with Gasteiger partial charge in [0.1, 0.15) is 5.75 Å². The minimum Gasteiger partial charge on any atom is -0.497 e. The summed E-state index contributed by atoms with van der Waals surface area (Å²) in [6.45, 7) is 3.68. The average molecular weight is 279 g/mol. The van der Waals surface area contributed by atoms with E-state index in [0.717, 1.165) is 6.42 Å². The third-order valence-electron chi connectivity index (χ3n) is 3.03. The minimum atomic E-state index is -0.909. The maximum Gasteiger partial charge on any atom is 0.308 e. The average Bonchev–Trinajstić information content (AvgIpc) is 2.44. The summed E-state index contributed by atoms with van der Waals surface area (Å²) in [6, 6.07) is 7.04. The molecule has 0 fully saturated rings. The molecule has 0 saturated carbocycles. The van der Waals surface area contributed by atoms with E-state index in [2.05, 4.69) is 0 Å². The van der Waals surface area contributed by atoms with Crippen molar-refractivity contribution >= 4 is 17.6 Å².